The average Bonchev–Trinajstić information content (AvgIpc) is 3.47. The third kappa shape index (κ3) is 4.52. The number of carbonyl (C=O) groups is 2. The monoisotopic (exact) mass is 543 g/mol. The van der Waals surface area contributed by atoms with E-state index in [9.17, 15) is 14.7 Å². The molecule has 0 aliphatic carbocycles. The minimum Gasteiger partial charge on any atom is -0.451 e. The number of piperidine rings is 1. The van der Waals surface area contributed by atoms with E-state index in [4.69, 9.17) is 4.42 Å². The van der Waals surface area contributed by atoms with Gasteiger partial charge in [-0.3, -0.25) is 24.9 Å². The van der Waals surface area contributed by atoms with Crippen LogP contribution in [0.1, 0.15) is 37.8 Å². The summed E-state index contributed by atoms with van der Waals surface area (Å²) in [6.45, 7) is 5.96. The van der Waals surface area contributed by atoms with Gasteiger partial charge in [0.05, 0.1) is 23.0 Å². The van der Waals surface area contributed by atoms with Gasteiger partial charge in [0.25, 0.3) is 0 Å². The highest BCUT2D eigenvalue weighted by Crippen LogP contribution is 2.48. The number of oxazole rings is 1. The van der Waals surface area contributed by atoms with Crippen LogP contribution in [-0.4, -0.2) is 51.5 Å². The standard InChI is InChI=1S/C30H30FN5O4/c1-29(2)17-35(15-19-3-5-20(6-4-19)25-16-40-18-33-25)12-10-30(29,39)23-7-8-24-22(27(23)31)13-21(14-32-24)36-11-9-26(37)34-28(36)38/h3-8,13-14,16,18,39H,9-12,15,17H2,1-2H3,(H,34,37,38). The summed E-state index contributed by atoms with van der Waals surface area (Å²) in [6, 6.07) is 12.5. The van der Waals surface area contributed by atoms with Gasteiger partial charge < -0.3 is 9.52 Å². The maximum atomic E-state index is 16.1. The van der Waals surface area contributed by atoms with Crippen LogP contribution in [-0.2, 0) is 16.9 Å². The first-order chi connectivity index (χ1) is 19.1. The van der Waals surface area contributed by atoms with Crippen molar-refractivity contribution in [3.05, 3.63) is 78.3 Å². The van der Waals surface area contributed by atoms with E-state index in [1.807, 2.05) is 26.0 Å². The van der Waals surface area contributed by atoms with E-state index in [2.05, 4.69) is 32.3 Å². The molecular formula is C30H30FN5O4. The summed E-state index contributed by atoms with van der Waals surface area (Å²) in [5, 5.41) is 14.5. The maximum absolute atomic E-state index is 16.1. The third-order valence-corrected chi connectivity index (χ3v) is 8.21. The molecule has 0 spiro atoms. The first-order valence-corrected chi connectivity index (χ1v) is 13.3. The molecule has 3 amide bonds. The minimum atomic E-state index is -1.41. The molecule has 0 bridgehead atoms. The Morgan fingerprint density at radius 2 is 1.90 bits per heavy atom. The zero-order chi connectivity index (χ0) is 28.1. The average molecular weight is 544 g/mol. The van der Waals surface area contributed by atoms with Crippen molar-refractivity contribution in [2.75, 3.05) is 24.5 Å². The van der Waals surface area contributed by atoms with Crippen LogP contribution in [0.4, 0.5) is 14.9 Å². The third-order valence-electron chi connectivity index (χ3n) is 8.21. The minimum absolute atomic E-state index is 0.155. The Hall–Kier alpha value is -4.15. The van der Waals surface area contributed by atoms with Crippen LogP contribution in [0.5, 0.6) is 0 Å². The van der Waals surface area contributed by atoms with Crippen molar-refractivity contribution in [3.63, 3.8) is 0 Å². The summed E-state index contributed by atoms with van der Waals surface area (Å²) in [7, 11) is 0. The van der Waals surface area contributed by atoms with Gasteiger partial charge in [-0.15, -0.1) is 0 Å². The van der Waals surface area contributed by atoms with Crippen LogP contribution in [0.25, 0.3) is 22.2 Å². The fourth-order valence-electron chi connectivity index (χ4n) is 5.89. The lowest BCUT2D eigenvalue weighted by Gasteiger charge is -2.50. The lowest BCUT2D eigenvalue weighted by molar-refractivity contribution is -0.128. The number of aromatic nitrogens is 2. The molecule has 2 aliphatic heterocycles. The van der Waals surface area contributed by atoms with E-state index < -0.39 is 22.9 Å². The number of pyridine rings is 1. The van der Waals surface area contributed by atoms with Crippen LogP contribution in [0.3, 0.4) is 0 Å². The molecule has 6 rings (SSSR count). The second kappa shape index (κ2) is 9.79. The number of rotatable bonds is 5. The number of imide groups is 1. The summed E-state index contributed by atoms with van der Waals surface area (Å²) in [5.41, 5.74) is 1.85. The number of likely N-dealkylation sites (tertiary alicyclic amines) is 1. The molecule has 4 heterocycles. The van der Waals surface area contributed by atoms with E-state index in [1.165, 1.54) is 17.5 Å². The summed E-state index contributed by atoms with van der Waals surface area (Å²) in [4.78, 5) is 36.1. The fraction of sp³-hybridized carbons (Fsp3) is 0.333. The number of hydrogen-bond acceptors (Lipinski definition) is 7. The van der Waals surface area contributed by atoms with Crippen LogP contribution >= 0.6 is 0 Å². The maximum Gasteiger partial charge on any atom is 0.328 e. The second-order valence-electron chi connectivity index (χ2n) is 11.2. The number of anilines is 1. The van der Waals surface area contributed by atoms with Crippen molar-refractivity contribution in [1.82, 2.24) is 20.2 Å². The number of halogens is 1. The number of urea groups is 1. The molecule has 1 atom stereocenters. The highest BCUT2D eigenvalue weighted by Gasteiger charge is 2.50. The van der Waals surface area contributed by atoms with Gasteiger partial charge in [0.2, 0.25) is 5.91 Å². The van der Waals surface area contributed by atoms with Crippen LogP contribution in [0.2, 0.25) is 0 Å². The van der Waals surface area contributed by atoms with Crippen molar-refractivity contribution < 1.29 is 23.5 Å². The number of benzene rings is 2. The number of nitrogens with zero attached hydrogens (tertiary/aromatic N) is 4. The molecule has 1 unspecified atom stereocenters. The predicted octanol–water partition coefficient (Wildman–Crippen LogP) is 4.59. The van der Waals surface area contributed by atoms with Crippen LogP contribution in [0, 0.1) is 11.2 Å². The fourth-order valence-corrected chi connectivity index (χ4v) is 5.89. The van der Waals surface area contributed by atoms with Crippen LogP contribution < -0.4 is 10.2 Å². The van der Waals surface area contributed by atoms with E-state index in [0.29, 0.717) is 37.3 Å². The lowest BCUT2D eigenvalue weighted by atomic mass is 9.66. The van der Waals surface area contributed by atoms with Gasteiger partial charge >= 0.3 is 6.03 Å². The number of carbonyl (C=O) groups excluding carboxylic acids is 2. The molecule has 0 radical (unpaired) electrons. The summed E-state index contributed by atoms with van der Waals surface area (Å²) in [6.07, 6.45) is 5.01. The lowest BCUT2D eigenvalue weighted by Crippen LogP contribution is -2.55. The quantitative estimate of drug-likeness (QED) is 0.379. The Morgan fingerprint density at radius 1 is 1.10 bits per heavy atom. The normalized spacial score (nSPS) is 21.6. The molecule has 9 nitrogen and oxygen atoms in total. The van der Waals surface area contributed by atoms with E-state index in [1.54, 1.807) is 24.5 Å². The number of aliphatic hydroxyl groups is 1. The van der Waals surface area contributed by atoms with Gasteiger partial charge in [-0.1, -0.05) is 44.2 Å². The molecule has 4 aromatic rings. The molecule has 40 heavy (non-hydrogen) atoms. The summed E-state index contributed by atoms with van der Waals surface area (Å²) < 4.78 is 21.2. The summed E-state index contributed by atoms with van der Waals surface area (Å²) in [5.74, 6) is -0.893. The first-order valence-electron chi connectivity index (χ1n) is 13.3. The van der Waals surface area contributed by atoms with Crippen LogP contribution in [0.15, 0.2) is 65.7 Å². The molecule has 10 heteroatoms. The Bertz CT molecular complexity index is 1590. The van der Waals surface area contributed by atoms with Crippen molar-refractivity contribution in [2.24, 2.45) is 5.41 Å². The number of hydrogen-bond donors (Lipinski definition) is 2. The van der Waals surface area contributed by atoms with Crippen molar-refractivity contribution in [3.8, 4) is 11.3 Å². The number of nitrogens with one attached hydrogen (secondary N) is 1. The molecule has 206 valence electrons. The van der Waals surface area contributed by atoms with Gasteiger partial charge in [0.1, 0.15) is 17.8 Å². The summed E-state index contributed by atoms with van der Waals surface area (Å²) >= 11 is 0. The smallest absolute Gasteiger partial charge is 0.328 e. The molecule has 0 saturated carbocycles. The molecular weight excluding hydrogens is 513 g/mol. The van der Waals surface area contributed by atoms with Gasteiger partial charge in [-0.25, -0.2) is 14.2 Å². The highest BCUT2D eigenvalue weighted by molar-refractivity contribution is 6.06. The Labute approximate surface area is 230 Å². The second-order valence-corrected chi connectivity index (χ2v) is 11.2. The van der Waals surface area contributed by atoms with Gasteiger partial charge in [-0.05, 0) is 24.1 Å². The SMILES string of the molecule is CC1(C)CN(Cc2ccc(-c3cocn3)cc2)CCC1(O)c1ccc2ncc(N3CCC(=O)NC3=O)cc2c1F. The first kappa shape index (κ1) is 26.1. The van der Waals surface area contributed by atoms with Gasteiger partial charge in [0.15, 0.2) is 6.39 Å². The Morgan fingerprint density at radius 3 is 2.60 bits per heavy atom. The molecule has 2 aromatic heterocycles. The van der Waals surface area contributed by atoms with Gasteiger partial charge in [0, 0.05) is 54.5 Å². The molecule has 2 N–H and O–H groups in total. The highest BCUT2D eigenvalue weighted by atomic mass is 19.1. The largest absolute Gasteiger partial charge is 0.451 e. The zero-order valence-electron chi connectivity index (χ0n) is 22.4. The van der Waals surface area contributed by atoms with E-state index in [-0.39, 0.29) is 29.8 Å². The molecule has 2 aliphatic rings. The number of fused-ring (bicyclic) bond motifs is 1. The predicted molar refractivity (Wildman–Crippen MR) is 147 cm³/mol. The Balaban J connectivity index is 1.24. The van der Waals surface area contributed by atoms with Gasteiger partial charge in [-0.2, -0.15) is 0 Å². The molecule has 2 aromatic carbocycles. The van der Waals surface area contributed by atoms with E-state index in [0.717, 1.165) is 16.8 Å². The topological polar surface area (TPSA) is 112 Å². The molecule has 2 fully saturated rings. The van der Waals surface area contributed by atoms with Crippen molar-refractivity contribution in [1.29, 1.82) is 0 Å². The van der Waals surface area contributed by atoms with Crippen molar-refractivity contribution in [2.45, 2.75) is 38.8 Å². The number of amides is 3. The zero-order valence-corrected chi connectivity index (χ0v) is 22.4. The molecule has 2 saturated heterocycles. The Kier molecular flexibility index (Phi) is 6.39. The van der Waals surface area contributed by atoms with Crippen molar-refractivity contribution >= 4 is 28.5 Å². The van der Waals surface area contributed by atoms with E-state index >= 15 is 4.39 Å².